The van der Waals surface area contributed by atoms with Crippen LogP contribution in [0.4, 0.5) is 0 Å². The molecule has 0 aliphatic carbocycles. The quantitative estimate of drug-likeness (QED) is 0.602. The van der Waals surface area contributed by atoms with Crippen LogP contribution >= 0.6 is 0 Å². The molecule has 0 spiro atoms. The van der Waals surface area contributed by atoms with Crippen molar-refractivity contribution >= 4 is 0 Å². The highest BCUT2D eigenvalue weighted by Crippen LogP contribution is 2.03. The van der Waals surface area contributed by atoms with Gasteiger partial charge in [0.05, 0.1) is 18.9 Å². The highest BCUT2D eigenvalue weighted by Gasteiger charge is 2.11. The van der Waals surface area contributed by atoms with Crippen molar-refractivity contribution in [3.63, 3.8) is 0 Å². The van der Waals surface area contributed by atoms with E-state index in [4.69, 9.17) is 9.47 Å². The molecule has 110 valence electrons. The van der Waals surface area contributed by atoms with E-state index >= 15 is 0 Å². The molecule has 1 atom stereocenters. The van der Waals surface area contributed by atoms with E-state index in [1.807, 2.05) is 13.2 Å². The first-order valence-electron chi connectivity index (χ1n) is 6.91. The van der Waals surface area contributed by atoms with Gasteiger partial charge in [-0.25, -0.2) is 0 Å². The van der Waals surface area contributed by atoms with Gasteiger partial charge in [0.25, 0.3) is 0 Å². The summed E-state index contributed by atoms with van der Waals surface area (Å²) in [7, 11) is 3.57. The van der Waals surface area contributed by atoms with Crippen molar-refractivity contribution in [3.05, 3.63) is 11.9 Å². The van der Waals surface area contributed by atoms with Crippen molar-refractivity contribution in [2.24, 2.45) is 7.05 Å². The molecule has 19 heavy (non-hydrogen) atoms. The minimum Gasteiger partial charge on any atom is -0.382 e. The standard InChI is InChI=1S/C13H26N4O2/c1-4-6-14-12(5-7-19-9-8-18-3)10-13-11-17(2)16-15-13/h11-12,14H,4-10H2,1-3H3. The Morgan fingerprint density at radius 1 is 1.37 bits per heavy atom. The summed E-state index contributed by atoms with van der Waals surface area (Å²) in [5, 5.41) is 11.6. The molecule has 1 aromatic rings. The third kappa shape index (κ3) is 7.25. The summed E-state index contributed by atoms with van der Waals surface area (Å²) in [5.74, 6) is 0. The SMILES string of the molecule is CCCNC(CCOCCOC)Cc1cn(C)nn1. The zero-order valence-corrected chi connectivity index (χ0v) is 12.3. The topological polar surface area (TPSA) is 61.2 Å². The van der Waals surface area contributed by atoms with Crippen LogP contribution in [-0.2, 0) is 22.9 Å². The molecule has 1 unspecified atom stereocenters. The Hall–Kier alpha value is -0.980. The van der Waals surface area contributed by atoms with Crippen molar-refractivity contribution in [1.82, 2.24) is 20.3 Å². The van der Waals surface area contributed by atoms with Gasteiger partial charge in [-0.15, -0.1) is 5.10 Å². The molecule has 0 saturated heterocycles. The van der Waals surface area contributed by atoms with Gasteiger partial charge in [0, 0.05) is 39.4 Å². The molecule has 0 aromatic carbocycles. The Bertz CT molecular complexity index is 330. The Labute approximate surface area is 115 Å². The van der Waals surface area contributed by atoms with E-state index in [0.717, 1.165) is 38.1 Å². The van der Waals surface area contributed by atoms with Gasteiger partial charge >= 0.3 is 0 Å². The van der Waals surface area contributed by atoms with Gasteiger partial charge in [-0.2, -0.15) is 0 Å². The van der Waals surface area contributed by atoms with E-state index in [9.17, 15) is 0 Å². The minimum atomic E-state index is 0.388. The second-order valence-electron chi connectivity index (χ2n) is 4.63. The van der Waals surface area contributed by atoms with Crippen molar-refractivity contribution in [1.29, 1.82) is 0 Å². The van der Waals surface area contributed by atoms with E-state index in [0.29, 0.717) is 19.3 Å². The molecule has 1 rings (SSSR count). The monoisotopic (exact) mass is 270 g/mol. The van der Waals surface area contributed by atoms with Crippen LogP contribution in [0.2, 0.25) is 0 Å². The third-order valence-electron chi connectivity index (χ3n) is 2.83. The summed E-state index contributed by atoms with van der Waals surface area (Å²) in [6.07, 6.45) is 4.95. The number of nitrogens with one attached hydrogen (secondary N) is 1. The predicted molar refractivity (Wildman–Crippen MR) is 74.1 cm³/mol. The molecule has 6 nitrogen and oxygen atoms in total. The number of aryl methyl sites for hydroxylation is 1. The summed E-state index contributed by atoms with van der Waals surface area (Å²) in [5.41, 5.74) is 1.02. The average Bonchev–Trinajstić information content (AvgIpc) is 2.81. The van der Waals surface area contributed by atoms with Crippen LogP contribution in [-0.4, -0.2) is 54.5 Å². The lowest BCUT2D eigenvalue weighted by Crippen LogP contribution is -2.33. The lowest BCUT2D eigenvalue weighted by Gasteiger charge is -2.17. The minimum absolute atomic E-state index is 0.388. The maximum absolute atomic E-state index is 5.52. The molecule has 1 heterocycles. The number of rotatable bonds is 11. The fourth-order valence-corrected chi connectivity index (χ4v) is 1.84. The van der Waals surface area contributed by atoms with Crippen LogP contribution in [0.3, 0.4) is 0 Å². The van der Waals surface area contributed by atoms with Gasteiger partial charge in [0.2, 0.25) is 0 Å². The summed E-state index contributed by atoms with van der Waals surface area (Å²) < 4.78 is 12.2. The normalized spacial score (nSPS) is 12.8. The molecule has 1 N–H and O–H groups in total. The first kappa shape index (κ1) is 16.1. The zero-order valence-electron chi connectivity index (χ0n) is 12.3. The predicted octanol–water partition coefficient (Wildman–Crippen LogP) is 0.779. The van der Waals surface area contributed by atoms with E-state index in [-0.39, 0.29) is 0 Å². The van der Waals surface area contributed by atoms with Crippen LogP contribution in [0.5, 0.6) is 0 Å². The molecular weight excluding hydrogens is 244 g/mol. The van der Waals surface area contributed by atoms with Gasteiger partial charge < -0.3 is 14.8 Å². The molecule has 0 aliphatic rings. The summed E-state index contributed by atoms with van der Waals surface area (Å²) >= 11 is 0. The molecule has 0 saturated carbocycles. The highest BCUT2D eigenvalue weighted by molar-refractivity contribution is 4.95. The number of nitrogens with zero attached hydrogens (tertiary/aromatic N) is 3. The Morgan fingerprint density at radius 3 is 2.84 bits per heavy atom. The summed E-state index contributed by atoms with van der Waals surface area (Å²) in [4.78, 5) is 0. The van der Waals surface area contributed by atoms with E-state index in [2.05, 4.69) is 22.6 Å². The average molecular weight is 270 g/mol. The van der Waals surface area contributed by atoms with E-state index in [1.54, 1.807) is 11.8 Å². The fourth-order valence-electron chi connectivity index (χ4n) is 1.84. The van der Waals surface area contributed by atoms with Crippen LogP contribution in [0.15, 0.2) is 6.20 Å². The number of hydrogen-bond donors (Lipinski definition) is 1. The molecule has 1 aromatic heterocycles. The van der Waals surface area contributed by atoms with E-state index < -0.39 is 0 Å². The number of hydrogen-bond acceptors (Lipinski definition) is 5. The van der Waals surface area contributed by atoms with Crippen LogP contribution in [0.1, 0.15) is 25.5 Å². The molecular formula is C13H26N4O2. The lowest BCUT2D eigenvalue weighted by molar-refractivity contribution is 0.0658. The van der Waals surface area contributed by atoms with Crippen LogP contribution in [0, 0.1) is 0 Å². The smallest absolute Gasteiger partial charge is 0.0842 e. The van der Waals surface area contributed by atoms with Crippen molar-refractivity contribution in [3.8, 4) is 0 Å². The van der Waals surface area contributed by atoms with E-state index in [1.165, 1.54) is 0 Å². The maximum atomic E-state index is 5.52. The first-order valence-corrected chi connectivity index (χ1v) is 6.91. The van der Waals surface area contributed by atoms with Crippen molar-refractivity contribution < 1.29 is 9.47 Å². The van der Waals surface area contributed by atoms with Crippen molar-refractivity contribution in [2.75, 3.05) is 33.5 Å². The third-order valence-corrected chi connectivity index (χ3v) is 2.83. The van der Waals surface area contributed by atoms with Gasteiger partial charge in [-0.1, -0.05) is 12.1 Å². The highest BCUT2D eigenvalue weighted by atomic mass is 16.5. The van der Waals surface area contributed by atoms with Crippen LogP contribution in [0.25, 0.3) is 0 Å². The summed E-state index contributed by atoms with van der Waals surface area (Å²) in [6.45, 7) is 5.23. The Kier molecular flexibility index (Phi) is 8.36. The first-order chi connectivity index (χ1) is 9.26. The van der Waals surface area contributed by atoms with Gasteiger partial charge in [-0.3, -0.25) is 4.68 Å². The molecule has 6 heteroatoms. The Balaban J connectivity index is 2.29. The van der Waals surface area contributed by atoms with Gasteiger partial charge in [0.15, 0.2) is 0 Å². The fraction of sp³-hybridized carbons (Fsp3) is 0.846. The number of methoxy groups -OCH3 is 1. The molecule has 0 radical (unpaired) electrons. The van der Waals surface area contributed by atoms with Gasteiger partial charge in [-0.05, 0) is 19.4 Å². The number of ether oxygens (including phenoxy) is 2. The van der Waals surface area contributed by atoms with Crippen LogP contribution < -0.4 is 5.32 Å². The molecule has 0 amide bonds. The zero-order chi connectivity index (χ0) is 13.9. The number of aromatic nitrogens is 3. The second kappa shape index (κ2) is 9.89. The van der Waals surface area contributed by atoms with Gasteiger partial charge in [0.1, 0.15) is 0 Å². The molecule has 0 aliphatic heterocycles. The largest absolute Gasteiger partial charge is 0.382 e. The lowest BCUT2D eigenvalue weighted by atomic mass is 10.1. The summed E-state index contributed by atoms with van der Waals surface area (Å²) in [6, 6.07) is 0.388. The second-order valence-corrected chi connectivity index (χ2v) is 4.63. The maximum Gasteiger partial charge on any atom is 0.0842 e. The molecule has 0 fully saturated rings. The molecule has 0 bridgehead atoms. The van der Waals surface area contributed by atoms with Crippen molar-refractivity contribution in [2.45, 2.75) is 32.2 Å². The Morgan fingerprint density at radius 2 is 2.21 bits per heavy atom.